The molecule has 0 aliphatic heterocycles. The van der Waals surface area contributed by atoms with E-state index in [0.717, 1.165) is 28.1 Å². The van der Waals surface area contributed by atoms with Crippen LogP contribution in [0.15, 0.2) is 59.4 Å². The van der Waals surface area contributed by atoms with E-state index in [1.165, 1.54) is 0 Å². The van der Waals surface area contributed by atoms with E-state index in [0.29, 0.717) is 42.5 Å². The maximum atomic E-state index is 12.4. The van der Waals surface area contributed by atoms with Gasteiger partial charge in [-0.05, 0) is 43.7 Å². The molecule has 0 atom stereocenters. The second-order valence-electron chi connectivity index (χ2n) is 8.69. The molecule has 3 aromatic heterocycles. The zero-order valence-corrected chi connectivity index (χ0v) is 20.8. The fourth-order valence-corrected chi connectivity index (χ4v) is 4.36. The Morgan fingerprint density at radius 1 is 1.06 bits per heavy atom. The van der Waals surface area contributed by atoms with Crippen molar-refractivity contribution in [2.45, 2.75) is 26.9 Å². The van der Waals surface area contributed by atoms with Crippen molar-refractivity contribution in [3.8, 4) is 17.3 Å². The Balaban J connectivity index is 1.58. The number of nitrogens with zero attached hydrogens (tertiary/aromatic N) is 7. The summed E-state index contributed by atoms with van der Waals surface area (Å²) in [5.41, 5.74) is 3.37. The second kappa shape index (κ2) is 9.65. The van der Waals surface area contributed by atoms with Crippen molar-refractivity contribution in [1.29, 1.82) is 0 Å². The summed E-state index contributed by atoms with van der Waals surface area (Å²) in [4.78, 5) is 14.4. The predicted octanol–water partition coefficient (Wildman–Crippen LogP) is 3.31. The van der Waals surface area contributed by atoms with Crippen LogP contribution in [-0.2, 0) is 20.1 Å². The fraction of sp³-hybridized carbons (Fsp3) is 0.269. The number of ether oxygens (including phenoxy) is 1. The quantitative estimate of drug-likeness (QED) is 0.360. The van der Waals surface area contributed by atoms with Gasteiger partial charge in [0.15, 0.2) is 5.82 Å². The standard InChI is InChI=1S/C26H28N8O2/c1-5-36-20-12-10-18(11-13-20)15-32(3)26-30-28-24(34(26)16-19-14-17(2)31-33(19)4)23-21-8-6-7-9-22(21)25(35)29-27-23/h6-14H,5,15-16H2,1-4H3,(H,29,35). The third kappa shape index (κ3) is 4.45. The average Bonchev–Trinajstić information content (AvgIpc) is 3.43. The number of fused-ring (bicyclic) bond motifs is 1. The summed E-state index contributed by atoms with van der Waals surface area (Å²) >= 11 is 0. The Morgan fingerprint density at radius 2 is 1.81 bits per heavy atom. The van der Waals surface area contributed by atoms with Crippen molar-refractivity contribution >= 4 is 16.7 Å². The summed E-state index contributed by atoms with van der Waals surface area (Å²) in [5.74, 6) is 2.08. The van der Waals surface area contributed by atoms with Crippen molar-refractivity contribution in [3.05, 3.63) is 81.9 Å². The van der Waals surface area contributed by atoms with E-state index in [1.54, 1.807) is 6.07 Å². The van der Waals surface area contributed by atoms with Gasteiger partial charge in [0.2, 0.25) is 5.95 Å². The summed E-state index contributed by atoms with van der Waals surface area (Å²) < 4.78 is 9.43. The minimum atomic E-state index is -0.240. The van der Waals surface area contributed by atoms with Crippen LogP contribution >= 0.6 is 0 Å². The smallest absolute Gasteiger partial charge is 0.272 e. The molecule has 0 bridgehead atoms. The number of aromatic amines is 1. The Morgan fingerprint density at radius 3 is 2.50 bits per heavy atom. The van der Waals surface area contributed by atoms with Gasteiger partial charge in [-0.1, -0.05) is 30.3 Å². The Bertz CT molecular complexity index is 1570. The largest absolute Gasteiger partial charge is 0.494 e. The van der Waals surface area contributed by atoms with Crippen LogP contribution in [-0.4, -0.2) is 48.4 Å². The van der Waals surface area contributed by atoms with E-state index in [-0.39, 0.29) is 5.56 Å². The van der Waals surface area contributed by atoms with Crippen LogP contribution in [0.1, 0.15) is 23.9 Å². The molecule has 5 aromatic rings. The molecule has 0 aliphatic rings. The number of aromatic nitrogens is 7. The van der Waals surface area contributed by atoms with Crippen molar-refractivity contribution in [2.75, 3.05) is 18.6 Å². The number of hydrogen-bond acceptors (Lipinski definition) is 7. The molecule has 0 saturated heterocycles. The van der Waals surface area contributed by atoms with Crippen LogP contribution in [0.2, 0.25) is 0 Å². The first kappa shape index (κ1) is 23.3. The highest BCUT2D eigenvalue weighted by Gasteiger charge is 2.22. The molecule has 10 nitrogen and oxygen atoms in total. The van der Waals surface area contributed by atoms with Gasteiger partial charge < -0.3 is 9.64 Å². The van der Waals surface area contributed by atoms with E-state index in [4.69, 9.17) is 4.74 Å². The van der Waals surface area contributed by atoms with E-state index in [2.05, 4.69) is 25.5 Å². The molecule has 0 spiro atoms. The lowest BCUT2D eigenvalue weighted by Crippen LogP contribution is -2.22. The molecule has 36 heavy (non-hydrogen) atoms. The van der Waals surface area contributed by atoms with Crippen molar-refractivity contribution in [2.24, 2.45) is 7.05 Å². The van der Waals surface area contributed by atoms with Gasteiger partial charge in [-0.15, -0.1) is 10.2 Å². The summed E-state index contributed by atoms with van der Waals surface area (Å²) in [5, 5.41) is 21.8. The van der Waals surface area contributed by atoms with Gasteiger partial charge in [-0.2, -0.15) is 10.2 Å². The zero-order chi connectivity index (χ0) is 25.2. The van der Waals surface area contributed by atoms with Gasteiger partial charge >= 0.3 is 0 Å². The van der Waals surface area contributed by atoms with E-state index >= 15 is 0 Å². The molecule has 1 N–H and O–H groups in total. The van der Waals surface area contributed by atoms with Gasteiger partial charge in [0.1, 0.15) is 11.4 Å². The normalized spacial score (nSPS) is 11.2. The highest BCUT2D eigenvalue weighted by molar-refractivity contribution is 5.92. The van der Waals surface area contributed by atoms with Crippen LogP contribution in [0.5, 0.6) is 5.75 Å². The molecule has 10 heteroatoms. The molecular formula is C26H28N8O2. The third-order valence-corrected chi connectivity index (χ3v) is 6.05. The minimum absolute atomic E-state index is 0.240. The molecule has 0 radical (unpaired) electrons. The van der Waals surface area contributed by atoms with E-state index in [1.807, 2.05) is 90.6 Å². The second-order valence-corrected chi connectivity index (χ2v) is 8.69. The molecule has 3 heterocycles. The summed E-state index contributed by atoms with van der Waals surface area (Å²) in [6, 6.07) is 17.5. The average molecular weight is 485 g/mol. The van der Waals surface area contributed by atoms with Crippen LogP contribution in [0.25, 0.3) is 22.3 Å². The summed E-state index contributed by atoms with van der Waals surface area (Å²) in [6.07, 6.45) is 0. The van der Waals surface area contributed by atoms with E-state index < -0.39 is 0 Å². The molecule has 0 fully saturated rings. The number of rotatable bonds is 8. The Labute approximate surface area is 208 Å². The number of H-pyrrole nitrogens is 1. The van der Waals surface area contributed by atoms with Gasteiger partial charge in [-0.25, -0.2) is 5.10 Å². The molecule has 5 rings (SSSR count). The number of anilines is 1. The van der Waals surface area contributed by atoms with Crippen LogP contribution < -0.4 is 15.2 Å². The maximum Gasteiger partial charge on any atom is 0.272 e. The molecule has 0 amide bonds. The first-order chi connectivity index (χ1) is 17.4. The van der Waals surface area contributed by atoms with Crippen molar-refractivity contribution < 1.29 is 4.74 Å². The highest BCUT2D eigenvalue weighted by atomic mass is 16.5. The SMILES string of the molecule is CCOc1ccc(CN(C)c2nnc(-c3n[nH]c(=O)c4ccccc34)n2Cc2cc(C)nn2C)cc1. The van der Waals surface area contributed by atoms with Crippen molar-refractivity contribution in [3.63, 3.8) is 0 Å². The minimum Gasteiger partial charge on any atom is -0.494 e. The van der Waals surface area contributed by atoms with Gasteiger partial charge in [0.05, 0.1) is 29.9 Å². The number of aryl methyl sites for hydroxylation is 2. The molecule has 2 aromatic carbocycles. The third-order valence-electron chi connectivity index (χ3n) is 6.05. The lowest BCUT2D eigenvalue weighted by molar-refractivity contribution is 0.340. The van der Waals surface area contributed by atoms with Crippen molar-refractivity contribution in [1.82, 2.24) is 34.7 Å². The Kier molecular flexibility index (Phi) is 6.24. The first-order valence-corrected chi connectivity index (χ1v) is 11.8. The number of benzene rings is 2. The maximum absolute atomic E-state index is 12.4. The topological polar surface area (TPSA) is 107 Å². The Hall–Kier alpha value is -4.47. The zero-order valence-electron chi connectivity index (χ0n) is 20.8. The number of nitrogens with one attached hydrogen (secondary N) is 1. The molecule has 0 aliphatic carbocycles. The lowest BCUT2D eigenvalue weighted by atomic mass is 10.1. The van der Waals surface area contributed by atoms with Crippen LogP contribution in [0.3, 0.4) is 0 Å². The molecule has 0 unspecified atom stereocenters. The van der Waals surface area contributed by atoms with Gasteiger partial charge in [0, 0.05) is 26.0 Å². The van der Waals surface area contributed by atoms with Gasteiger partial charge in [0.25, 0.3) is 5.56 Å². The summed E-state index contributed by atoms with van der Waals surface area (Å²) in [6.45, 7) is 5.67. The van der Waals surface area contributed by atoms with E-state index in [9.17, 15) is 4.79 Å². The van der Waals surface area contributed by atoms with Gasteiger partial charge in [-0.3, -0.25) is 14.0 Å². The monoisotopic (exact) mass is 484 g/mol. The molecule has 184 valence electrons. The summed E-state index contributed by atoms with van der Waals surface area (Å²) in [7, 11) is 3.90. The first-order valence-electron chi connectivity index (χ1n) is 11.8. The molecular weight excluding hydrogens is 456 g/mol. The molecule has 0 saturated carbocycles. The fourth-order valence-electron chi connectivity index (χ4n) is 4.36. The highest BCUT2D eigenvalue weighted by Crippen LogP contribution is 2.27. The van der Waals surface area contributed by atoms with Crippen LogP contribution in [0.4, 0.5) is 5.95 Å². The predicted molar refractivity (Wildman–Crippen MR) is 138 cm³/mol. The number of hydrogen-bond donors (Lipinski definition) is 1. The van der Waals surface area contributed by atoms with Crippen LogP contribution in [0, 0.1) is 6.92 Å². The lowest BCUT2D eigenvalue weighted by Gasteiger charge is -2.20.